The first-order valence-corrected chi connectivity index (χ1v) is 7.02. The lowest BCUT2D eigenvalue weighted by molar-refractivity contribution is 0.424. The van der Waals surface area contributed by atoms with Crippen LogP contribution in [0.5, 0.6) is 5.75 Å². The van der Waals surface area contributed by atoms with Gasteiger partial charge in [0.2, 0.25) is 0 Å². The number of hydrogen-bond donors (Lipinski definition) is 2. The predicted octanol–water partition coefficient (Wildman–Crippen LogP) is 2.88. The van der Waals surface area contributed by atoms with Gasteiger partial charge in [0.05, 0.1) is 4.90 Å². The second-order valence-electron chi connectivity index (χ2n) is 4.55. The largest absolute Gasteiger partial charge is 0.507 e. The first-order valence-electron chi connectivity index (χ1n) is 5.80. The normalized spacial score (nSPS) is 18.9. The van der Waals surface area contributed by atoms with Crippen LogP contribution < -0.4 is 5.73 Å². The number of rotatable bonds is 3. The monoisotopic (exact) mass is 237 g/mol. The van der Waals surface area contributed by atoms with Crippen LogP contribution in [0.4, 0.5) is 0 Å². The van der Waals surface area contributed by atoms with E-state index in [0.29, 0.717) is 12.3 Å². The molecule has 1 saturated carbocycles. The molecule has 1 fully saturated rings. The van der Waals surface area contributed by atoms with E-state index in [9.17, 15) is 5.11 Å². The van der Waals surface area contributed by atoms with Crippen molar-refractivity contribution in [3.63, 3.8) is 0 Å². The molecule has 0 aromatic heterocycles. The Morgan fingerprint density at radius 1 is 1.38 bits per heavy atom. The van der Waals surface area contributed by atoms with Gasteiger partial charge in [-0.05, 0) is 30.7 Å². The van der Waals surface area contributed by atoms with Crippen LogP contribution >= 0.6 is 11.8 Å². The molecule has 0 unspecified atom stereocenters. The molecule has 1 aliphatic carbocycles. The third-order valence-corrected chi connectivity index (χ3v) is 4.56. The summed E-state index contributed by atoms with van der Waals surface area (Å²) in [6.07, 6.45) is 6.82. The second-order valence-corrected chi connectivity index (χ2v) is 5.37. The van der Waals surface area contributed by atoms with E-state index in [1.165, 1.54) is 18.4 Å². The SMILES string of the molecule is CSc1c(O)cccc1C1(CN)CCCC1. The molecule has 16 heavy (non-hydrogen) atoms. The van der Waals surface area contributed by atoms with E-state index >= 15 is 0 Å². The summed E-state index contributed by atoms with van der Waals surface area (Å²) in [7, 11) is 0. The van der Waals surface area contributed by atoms with Crippen molar-refractivity contribution in [1.29, 1.82) is 0 Å². The number of nitrogens with two attached hydrogens (primary N) is 1. The zero-order chi connectivity index (χ0) is 11.6. The summed E-state index contributed by atoms with van der Waals surface area (Å²) in [6, 6.07) is 5.82. The minimum atomic E-state index is 0.108. The molecule has 0 aliphatic heterocycles. The van der Waals surface area contributed by atoms with Crippen molar-refractivity contribution in [2.24, 2.45) is 5.73 Å². The Kier molecular flexibility index (Phi) is 3.45. The van der Waals surface area contributed by atoms with Crippen LogP contribution in [0.2, 0.25) is 0 Å². The Labute approximate surface area is 101 Å². The quantitative estimate of drug-likeness (QED) is 0.795. The number of thioether (sulfide) groups is 1. The number of hydrogen-bond acceptors (Lipinski definition) is 3. The van der Waals surface area contributed by atoms with Gasteiger partial charge in [0.25, 0.3) is 0 Å². The molecule has 0 spiro atoms. The van der Waals surface area contributed by atoms with Crippen molar-refractivity contribution in [3.05, 3.63) is 23.8 Å². The molecule has 0 amide bonds. The molecule has 1 aromatic rings. The van der Waals surface area contributed by atoms with Crippen molar-refractivity contribution in [2.75, 3.05) is 12.8 Å². The summed E-state index contributed by atoms with van der Waals surface area (Å²) < 4.78 is 0. The molecule has 0 atom stereocenters. The predicted molar refractivity (Wildman–Crippen MR) is 69.1 cm³/mol. The molecular weight excluding hydrogens is 218 g/mol. The lowest BCUT2D eigenvalue weighted by atomic mass is 9.79. The highest BCUT2D eigenvalue weighted by Gasteiger charge is 2.36. The summed E-state index contributed by atoms with van der Waals surface area (Å²) in [5.41, 5.74) is 7.34. The van der Waals surface area contributed by atoms with Gasteiger partial charge in [-0.1, -0.05) is 25.0 Å². The van der Waals surface area contributed by atoms with Crippen LogP contribution in [0.15, 0.2) is 23.1 Å². The van der Waals surface area contributed by atoms with Crippen molar-refractivity contribution in [1.82, 2.24) is 0 Å². The van der Waals surface area contributed by atoms with Gasteiger partial charge in [0, 0.05) is 12.0 Å². The summed E-state index contributed by atoms with van der Waals surface area (Å²) >= 11 is 1.62. The Bertz CT molecular complexity index is 372. The molecule has 0 saturated heterocycles. The summed E-state index contributed by atoms with van der Waals surface area (Å²) in [5, 5.41) is 9.90. The van der Waals surface area contributed by atoms with Gasteiger partial charge in [-0.2, -0.15) is 0 Å². The number of aromatic hydroxyl groups is 1. The molecule has 1 aromatic carbocycles. The third kappa shape index (κ3) is 1.82. The maximum atomic E-state index is 9.90. The third-order valence-electron chi connectivity index (χ3n) is 3.72. The Morgan fingerprint density at radius 2 is 2.06 bits per heavy atom. The zero-order valence-electron chi connectivity index (χ0n) is 9.70. The highest BCUT2D eigenvalue weighted by Crippen LogP contribution is 2.45. The Balaban J connectivity index is 2.49. The number of phenolic OH excluding ortho intramolecular Hbond substituents is 1. The molecule has 0 bridgehead atoms. The molecule has 2 nitrogen and oxygen atoms in total. The molecule has 3 N–H and O–H groups in total. The smallest absolute Gasteiger partial charge is 0.129 e. The zero-order valence-corrected chi connectivity index (χ0v) is 10.5. The summed E-state index contributed by atoms with van der Waals surface area (Å²) in [4.78, 5) is 1.01. The van der Waals surface area contributed by atoms with E-state index < -0.39 is 0 Å². The van der Waals surface area contributed by atoms with E-state index in [1.807, 2.05) is 12.3 Å². The van der Waals surface area contributed by atoms with Gasteiger partial charge in [-0.25, -0.2) is 0 Å². The van der Waals surface area contributed by atoms with E-state index in [4.69, 9.17) is 5.73 Å². The van der Waals surface area contributed by atoms with E-state index in [2.05, 4.69) is 6.07 Å². The fourth-order valence-electron chi connectivity index (χ4n) is 2.79. The fraction of sp³-hybridized carbons (Fsp3) is 0.538. The molecule has 2 rings (SSSR count). The minimum absolute atomic E-state index is 0.108. The summed E-state index contributed by atoms with van der Waals surface area (Å²) in [5.74, 6) is 0.393. The topological polar surface area (TPSA) is 46.2 Å². The van der Waals surface area contributed by atoms with E-state index in [1.54, 1.807) is 17.8 Å². The van der Waals surface area contributed by atoms with Crippen LogP contribution in [-0.4, -0.2) is 17.9 Å². The van der Waals surface area contributed by atoms with Crippen molar-refractivity contribution < 1.29 is 5.11 Å². The number of phenols is 1. The van der Waals surface area contributed by atoms with Crippen LogP contribution in [0.25, 0.3) is 0 Å². The highest BCUT2D eigenvalue weighted by atomic mass is 32.2. The maximum Gasteiger partial charge on any atom is 0.129 e. The van der Waals surface area contributed by atoms with Crippen LogP contribution in [-0.2, 0) is 5.41 Å². The fourth-order valence-corrected chi connectivity index (χ4v) is 3.57. The number of benzene rings is 1. The second kappa shape index (κ2) is 4.68. The maximum absolute atomic E-state index is 9.90. The average Bonchev–Trinajstić information content (AvgIpc) is 2.78. The Morgan fingerprint density at radius 3 is 2.62 bits per heavy atom. The Hall–Kier alpha value is -0.670. The highest BCUT2D eigenvalue weighted by molar-refractivity contribution is 7.98. The van der Waals surface area contributed by atoms with Gasteiger partial charge < -0.3 is 10.8 Å². The summed E-state index contributed by atoms with van der Waals surface area (Å²) in [6.45, 7) is 0.685. The van der Waals surface area contributed by atoms with E-state index in [-0.39, 0.29) is 5.41 Å². The van der Waals surface area contributed by atoms with Gasteiger partial charge in [-0.15, -0.1) is 11.8 Å². The lowest BCUT2D eigenvalue weighted by Gasteiger charge is -2.30. The van der Waals surface area contributed by atoms with Crippen molar-refractivity contribution in [3.8, 4) is 5.75 Å². The van der Waals surface area contributed by atoms with Crippen molar-refractivity contribution in [2.45, 2.75) is 36.0 Å². The van der Waals surface area contributed by atoms with Crippen LogP contribution in [0.3, 0.4) is 0 Å². The standard InChI is InChI=1S/C13H19NOS/c1-16-12-10(5-4-6-11(12)15)13(9-14)7-2-3-8-13/h4-6,15H,2-3,7-9,14H2,1H3. The molecule has 0 radical (unpaired) electrons. The van der Waals surface area contributed by atoms with Gasteiger partial charge in [-0.3, -0.25) is 0 Å². The van der Waals surface area contributed by atoms with Crippen LogP contribution in [0.1, 0.15) is 31.2 Å². The molecule has 0 heterocycles. The molecule has 88 valence electrons. The average molecular weight is 237 g/mol. The molecule has 3 heteroatoms. The van der Waals surface area contributed by atoms with E-state index in [0.717, 1.165) is 17.7 Å². The van der Waals surface area contributed by atoms with Gasteiger partial charge >= 0.3 is 0 Å². The molecule has 1 aliphatic rings. The first-order chi connectivity index (χ1) is 7.73. The van der Waals surface area contributed by atoms with Crippen molar-refractivity contribution >= 4 is 11.8 Å². The lowest BCUT2D eigenvalue weighted by Crippen LogP contribution is -2.32. The molecular formula is C13H19NOS. The van der Waals surface area contributed by atoms with Gasteiger partial charge in [0.1, 0.15) is 5.75 Å². The minimum Gasteiger partial charge on any atom is -0.507 e. The van der Waals surface area contributed by atoms with Crippen LogP contribution in [0, 0.1) is 0 Å². The first kappa shape index (κ1) is 11.8. The van der Waals surface area contributed by atoms with Gasteiger partial charge in [0.15, 0.2) is 0 Å².